The Kier molecular flexibility index (Phi) is 6.80. The van der Waals surface area contributed by atoms with Gasteiger partial charge in [-0.1, -0.05) is 25.1 Å². The zero-order valence-corrected chi connectivity index (χ0v) is 22.3. The van der Waals surface area contributed by atoms with Crippen LogP contribution in [0.5, 0.6) is 0 Å². The van der Waals surface area contributed by atoms with Crippen molar-refractivity contribution >= 4 is 34.6 Å². The lowest BCUT2D eigenvalue weighted by Crippen LogP contribution is -2.29. The molecule has 2 N–H and O–H groups in total. The van der Waals surface area contributed by atoms with Crippen LogP contribution in [0.1, 0.15) is 54.1 Å². The van der Waals surface area contributed by atoms with Gasteiger partial charge in [-0.15, -0.1) is 0 Å². The third kappa shape index (κ3) is 4.74. The molecular formula is C30H31N5OS. The number of aromatic nitrogens is 2. The van der Waals surface area contributed by atoms with Crippen LogP contribution in [0, 0.1) is 13.8 Å². The fourth-order valence-electron chi connectivity index (χ4n) is 5.22. The molecule has 1 amide bonds. The minimum absolute atomic E-state index is 0.0985. The molecule has 7 heteroatoms. The Bertz CT molecular complexity index is 1430. The molecule has 2 aromatic carbocycles. The van der Waals surface area contributed by atoms with E-state index < -0.39 is 0 Å². The second-order valence-corrected chi connectivity index (χ2v) is 9.79. The van der Waals surface area contributed by atoms with Crippen molar-refractivity contribution in [2.24, 2.45) is 0 Å². The number of pyridine rings is 1. The smallest absolute Gasteiger partial charge is 0.221 e. The maximum Gasteiger partial charge on any atom is 0.221 e. The van der Waals surface area contributed by atoms with Crippen molar-refractivity contribution in [2.75, 3.05) is 10.2 Å². The molecule has 0 aliphatic carbocycles. The number of carbonyl (C=O) groups is 1. The normalized spacial score (nSPS) is 17.1. The second kappa shape index (κ2) is 10.2. The first-order valence-corrected chi connectivity index (χ1v) is 12.9. The van der Waals surface area contributed by atoms with Crippen molar-refractivity contribution in [3.8, 4) is 5.69 Å². The average molecular weight is 510 g/mol. The molecule has 3 heterocycles. The third-order valence-corrected chi connectivity index (χ3v) is 7.27. The van der Waals surface area contributed by atoms with Gasteiger partial charge >= 0.3 is 0 Å². The molecule has 0 radical (unpaired) electrons. The summed E-state index contributed by atoms with van der Waals surface area (Å²) in [5.74, 6) is -0.0985. The zero-order chi connectivity index (χ0) is 26.1. The molecule has 0 bridgehead atoms. The molecule has 4 aromatic rings. The fourth-order valence-corrected chi connectivity index (χ4v) is 5.57. The van der Waals surface area contributed by atoms with E-state index in [1.54, 1.807) is 0 Å². The standard InChI is InChI=1S/C30H31N5OS/c1-5-22-9-13-24(14-10-22)34-19(2)18-26(20(34)3)29-28(27-8-6-7-17-31-27)33-30(37)35(29)25-15-11-23(12-16-25)32-21(4)36/h6-18,28-29H,5H2,1-4H3,(H,32,36)(H,33,37)/t28-,29-/m0/s1. The number of benzene rings is 2. The van der Waals surface area contributed by atoms with Gasteiger partial charge in [0, 0.05) is 41.6 Å². The molecule has 0 saturated carbocycles. The Morgan fingerprint density at radius 3 is 2.35 bits per heavy atom. The molecule has 1 aliphatic heterocycles. The van der Waals surface area contributed by atoms with Gasteiger partial charge in [-0.25, -0.2) is 0 Å². The molecule has 0 unspecified atom stereocenters. The van der Waals surface area contributed by atoms with Crippen LogP contribution in [-0.2, 0) is 11.2 Å². The lowest BCUT2D eigenvalue weighted by molar-refractivity contribution is -0.114. The van der Waals surface area contributed by atoms with Crippen LogP contribution < -0.4 is 15.5 Å². The van der Waals surface area contributed by atoms with Gasteiger partial charge in [0.05, 0.1) is 17.8 Å². The highest BCUT2D eigenvalue weighted by molar-refractivity contribution is 7.80. The van der Waals surface area contributed by atoms with E-state index in [1.807, 2.05) is 48.7 Å². The summed E-state index contributed by atoms with van der Waals surface area (Å²) in [6.45, 7) is 8.00. The quantitative estimate of drug-likeness (QED) is 0.304. The van der Waals surface area contributed by atoms with E-state index in [2.05, 4.69) is 76.2 Å². The molecule has 2 atom stereocenters. The number of hydrogen-bond acceptors (Lipinski definition) is 3. The topological polar surface area (TPSA) is 62.2 Å². The average Bonchev–Trinajstić information content (AvgIpc) is 3.39. The van der Waals surface area contributed by atoms with E-state index in [4.69, 9.17) is 12.2 Å². The van der Waals surface area contributed by atoms with Crippen molar-refractivity contribution in [3.63, 3.8) is 0 Å². The summed E-state index contributed by atoms with van der Waals surface area (Å²) in [6.07, 6.45) is 2.84. The number of carbonyl (C=O) groups excluding carboxylic acids is 1. The number of aryl methyl sites for hydroxylation is 2. The molecular weight excluding hydrogens is 478 g/mol. The number of nitrogens with zero attached hydrogens (tertiary/aromatic N) is 3. The lowest BCUT2D eigenvalue weighted by atomic mass is 9.96. The van der Waals surface area contributed by atoms with Gasteiger partial charge in [-0.2, -0.15) is 0 Å². The number of amides is 1. The van der Waals surface area contributed by atoms with Crippen LogP contribution in [0.15, 0.2) is 79.0 Å². The largest absolute Gasteiger partial charge is 0.351 e. The number of hydrogen-bond donors (Lipinski definition) is 2. The molecule has 37 heavy (non-hydrogen) atoms. The summed E-state index contributed by atoms with van der Waals surface area (Å²) >= 11 is 5.89. The summed E-state index contributed by atoms with van der Waals surface area (Å²) in [5.41, 5.74) is 8.62. The molecule has 1 fully saturated rings. The fraction of sp³-hybridized carbons (Fsp3) is 0.233. The highest BCUT2D eigenvalue weighted by Crippen LogP contribution is 2.43. The van der Waals surface area contributed by atoms with Crippen molar-refractivity contribution in [2.45, 2.75) is 46.2 Å². The molecule has 188 valence electrons. The summed E-state index contributed by atoms with van der Waals surface area (Å²) < 4.78 is 2.31. The Hall–Kier alpha value is -3.97. The Morgan fingerprint density at radius 2 is 1.73 bits per heavy atom. The van der Waals surface area contributed by atoms with E-state index in [-0.39, 0.29) is 18.0 Å². The Morgan fingerprint density at radius 1 is 1.03 bits per heavy atom. The summed E-state index contributed by atoms with van der Waals surface area (Å²) in [7, 11) is 0. The predicted molar refractivity (Wildman–Crippen MR) is 153 cm³/mol. The summed E-state index contributed by atoms with van der Waals surface area (Å²) in [4.78, 5) is 18.4. The van der Waals surface area contributed by atoms with E-state index >= 15 is 0 Å². The van der Waals surface area contributed by atoms with Crippen LogP contribution in [0.25, 0.3) is 5.69 Å². The minimum atomic E-state index is -0.125. The predicted octanol–water partition coefficient (Wildman–Crippen LogP) is 6.19. The molecule has 1 aliphatic rings. The van der Waals surface area contributed by atoms with Gasteiger partial charge in [0.25, 0.3) is 0 Å². The van der Waals surface area contributed by atoms with E-state index in [0.29, 0.717) is 5.11 Å². The van der Waals surface area contributed by atoms with Gasteiger partial charge in [0.2, 0.25) is 5.91 Å². The van der Waals surface area contributed by atoms with Crippen LogP contribution in [0.3, 0.4) is 0 Å². The van der Waals surface area contributed by atoms with Crippen LogP contribution in [-0.4, -0.2) is 20.6 Å². The van der Waals surface area contributed by atoms with Gasteiger partial charge in [-0.3, -0.25) is 9.78 Å². The summed E-state index contributed by atoms with van der Waals surface area (Å²) in [5, 5.41) is 7.02. The first-order chi connectivity index (χ1) is 17.9. The maximum absolute atomic E-state index is 11.5. The molecule has 2 aromatic heterocycles. The van der Waals surface area contributed by atoms with Crippen LogP contribution in [0.2, 0.25) is 0 Å². The van der Waals surface area contributed by atoms with Crippen LogP contribution in [0.4, 0.5) is 11.4 Å². The molecule has 1 saturated heterocycles. The number of nitrogens with one attached hydrogen (secondary N) is 2. The first kappa shape index (κ1) is 24.7. The number of anilines is 2. The van der Waals surface area contributed by atoms with Gasteiger partial charge in [0.15, 0.2) is 5.11 Å². The van der Waals surface area contributed by atoms with Gasteiger partial charge in [-0.05, 0) is 98.2 Å². The van der Waals surface area contributed by atoms with E-state index in [9.17, 15) is 4.79 Å². The number of thiocarbonyl (C=S) groups is 1. The molecule has 0 spiro atoms. The van der Waals surface area contributed by atoms with Crippen molar-refractivity contribution < 1.29 is 4.79 Å². The second-order valence-electron chi connectivity index (χ2n) is 9.41. The van der Waals surface area contributed by atoms with Crippen molar-refractivity contribution in [3.05, 3.63) is 107 Å². The molecule has 6 nitrogen and oxygen atoms in total. The SMILES string of the molecule is CCc1ccc(-n2c(C)cc([C@H]3[C@H](c4ccccn4)NC(=S)N3c3ccc(NC(C)=O)cc3)c2C)cc1. The Labute approximate surface area is 223 Å². The third-order valence-electron chi connectivity index (χ3n) is 6.96. The van der Waals surface area contributed by atoms with E-state index in [1.165, 1.54) is 23.7 Å². The van der Waals surface area contributed by atoms with Crippen LogP contribution >= 0.6 is 12.2 Å². The maximum atomic E-state index is 11.5. The van der Waals surface area contributed by atoms with Crippen molar-refractivity contribution in [1.82, 2.24) is 14.9 Å². The summed E-state index contributed by atoms with van der Waals surface area (Å²) in [6, 6.07) is 24.6. The lowest BCUT2D eigenvalue weighted by Gasteiger charge is -2.28. The molecule has 5 rings (SSSR count). The van der Waals surface area contributed by atoms with E-state index in [0.717, 1.165) is 34.9 Å². The van der Waals surface area contributed by atoms with Crippen molar-refractivity contribution in [1.29, 1.82) is 0 Å². The first-order valence-electron chi connectivity index (χ1n) is 12.5. The highest BCUT2D eigenvalue weighted by atomic mass is 32.1. The Balaban J connectivity index is 1.61. The number of rotatable bonds is 6. The highest BCUT2D eigenvalue weighted by Gasteiger charge is 2.42. The monoisotopic (exact) mass is 509 g/mol. The van der Waals surface area contributed by atoms with Gasteiger partial charge < -0.3 is 20.1 Å². The zero-order valence-electron chi connectivity index (χ0n) is 21.5. The minimum Gasteiger partial charge on any atom is -0.351 e. The van der Waals surface area contributed by atoms with Gasteiger partial charge in [0.1, 0.15) is 0 Å².